The van der Waals surface area contributed by atoms with Crippen molar-refractivity contribution in [2.75, 3.05) is 0 Å². The van der Waals surface area contributed by atoms with Crippen LogP contribution in [-0.2, 0) is 7.05 Å². The van der Waals surface area contributed by atoms with Gasteiger partial charge in [0.1, 0.15) is 11.6 Å². The number of hydrogen-bond acceptors (Lipinski definition) is 3. The van der Waals surface area contributed by atoms with Gasteiger partial charge < -0.3 is 14.6 Å². The van der Waals surface area contributed by atoms with Crippen molar-refractivity contribution in [1.29, 1.82) is 0 Å². The summed E-state index contributed by atoms with van der Waals surface area (Å²) in [5.74, 6) is 1.98. The Balaban J connectivity index is 2.13. The summed E-state index contributed by atoms with van der Waals surface area (Å²) in [4.78, 5) is 4.40. The Hall–Kier alpha value is -1.81. The van der Waals surface area contributed by atoms with Crippen molar-refractivity contribution in [1.82, 2.24) is 14.9 Å². The van der Waals surface area contributed by atoms with E-state index in [0.717, 1.165) is 11.6 Å². The lowest BCUT2D eigenvalue weighted by Gasteiger charge is -2.23. The molecule has 0 aliphatic carbocycles. The van der Waals surface area contributed by atoms with Crippen LogP contribution in [0.25, 0.3) is 0 Å². The highest BCUT2D eigenvalue weighted by atomic mass is 16.5. The van der Waals surface area contributed by atoms with Crippen LogP contribution in [0, 0.1) is 0 Å². The lowest BCUT2D eigenvalue weighted by molar-refractivity contribution is 0.237. The van der Waals surface area contributed by atoms with Crippen LogP contribution in [0.2, 0.25) is 0 Å². The predicted octanol–water partition coefficient (Wildman–Crippen LogP) is 3.62. The van der Waals surface area contributed by atoms with Crippen LogP contribution in [0.5, 0.6) is 5.75 Å². The highest BCUT2D eigenvalue weighted by Crippen LogP contribution is 2.27. The minimum atomic E-state index is 0.172. The molecule has 2 atom stereocenters. The quantitative estimate of drug-likeness (QED) is 0.882. The van der Waals surface area contributed by atoms with E-state index in [1.807, 2.05) is 56.1 Å². The molecule has 2 rings (SSSR count). The third-order valence-electron chi connectivity index (χ3n) is 3.49. The number of hydrogen-bond donors (Lipinski definition) is 1. The molecule has 4 nitrogen and oxygen atoms in total. The summed E-state index contributed by atoms with van der Waals surface area (Å²) in [6.07, 6.45) is 3.97. The average Bonchev–Trinajstić information content (AvgIpc) is 2.85. The van der Waals surface area contributed by atoms with Gasteiger partial charge in [-0.25, -0.2) is 4.98 Å². The molecule has 1 aromatic heterocycles. The second-order valence-electron chi connectivity index (χ2n) is 5.71. The van der Waals surface area contributed by atoms with Crippen LogP contribution >= 0.6 is 0 Å². The van der Waals surface area contributed by atoms with Gasteiger partial charge in [-0.15, -0.1) is 0 Å². The van der Waals surface area contributed by atoms with Gasteiger partial charge in [-0.1, -0.05) is 18.2 Å². The summed E-state index contributed by atoms with van der Waals surface area (Å²) in [5, 5.41) is 3.59. The van der Waals surface area contributed by atoms with Crippen molar-refractivity contribution >= 4 is 0 Å². The predicted molar refractivity (Wildman–Crippen MR) is 85.4 cm³/mol. The summed E-state index contributed by atoms with van der Waals surface area (Å²) in [6, 6.07) is 8.56. The molecule has 1 aromatic carbocycles. The van der Waals surface area contributed by atoms with E-state index in [1.165, 1.54) is 5.56 Å². The number of benzene rings is 1. The number of nitrogens with zero attached hydrogens (tertiary/aromatic N) is 2. The number of aromatic nitrogens is 2. The highest BCUT2D eigenvalue weighted by Gasteiger charge is 2.17. The lowest BCUT2D eigenvalue weighted by atomic mass is 10.1. The third kappa shape index (κ3) is 3.85. The van der Waals surface area contributed by atoms with E-state index in [9.17, 15) is 0 Å². The summed E-state index contributed by atoms with van der Waals surface area (Å²) in [7, 11) is 2.01. The van der Waals surface area contributed by atoms with Gasteiger partial charge in [0.05, 0.1) is 12.1 Å². The molecule has 21 heavy (non-hydrogen) atoms. The molecule has 0 spiro atoms. The molecule has 0 radical (unpaired) electrons. The molecule has 0 aliphatic rings. The lowest BCUT2D eigenvalue weighted by Crippen LogP contribution is -2.25. The zero-order valence-electron chi connectivity index (χ0n) is 13.5. The molecule has 114 valence electrons. The Bertz CT molecular complexity index is 577. The molecule has 0 saturated carbocycles. The maximum atomic E-state index is 5.90. The standard InChI is InChI=1S/C17H25N3O/c1-12(2)21-16-9-7-6-8-15(16)13(3)19-14(4)17-18-10-11-20(17)5/h6-14,19H,1-5H3. The van der Waals surface area contributed by atoms with Gasteiger partial charge in [0.25, 0.3) is 0 Å². The summed E-state index contributed by atoms with van der Waals surface area (Å²) < 4.78 is 7.94. The molecule has 2 aromatic rings. The average molecular weight is 287 g/mol. The molecule has 1 heterocycles. The van der Waals surface area contributed by atoms with Crippen molar-refractivity contribution in [3.8, 4) is 5.75 Å². The van der Waals surface area contributed by atoms with Gasteiger partial charge in [0.2, 0.25) is 0 Å². The fourth-order valence-electron chi connectivity index (χ4n) is 2.53. The zero-order chi connectivity index (χ0) is 15.4. The van der Waals surface area contributed by atoms with Crippen LogP contribution in [-0.4, -0.2) is 15.7 Å². The minimum Gasteiger partial charge on any atom is -0.491 e. The smallest absolute Gasteiger partial charge is 0.125 e. The Labute approximate surface area is 127 Å². The van der Waals surface area contributed by atoms with Gasteiger partial charge in [-0.2, -0.15) is 0 Å². The van der Waals surface area contributed by atoms with Gasteiger partial charge in [-0.05, 0) is 33.8 Å². The Kier molecular flexibility index (Phi) is 5.02. The first-order valence-electron chi connectivity index (χ1n) is 7.48. The molecule has 0 bridgehead atoms. The zero-order valence-corrected chi connectivity index (χ0v) is 13.5. The van der Waals surface area contributed by atoms with E-state index >= 15 is 0 Å². The molecule has 0 aliphatic heterocycles. The van der Waals surface area contributed by atoms with E-state index in [2.05, 4.69) is 30.2 Å². The van der Waals surface area contributed by atoms with Crippen LogP contribution in [0.15, 0.2) is 36.7 Å². The van der Waals surface area contributed by atoms with Gasteiger partial charge in [-0.3, -0.25) is 0 Å². The number of rotatable bonds is 6. The monoisotopic (exact) mass is 287 g/mol. The normalized spacial score (nSPS) is 14.2. The van der Waals surface area contributed by atoms with E-state index < -0.39 is 0 Å². The Morgan fingerprint density at radius 1 is 1.10 bits per heavy atom. The maximum Gasteiger partial charge on any atom is 0.125 e. The van der Waals surface area contributed by atoms with Crippen molar-refractivity contribution in [3.63, 3.8) is 0 Å². The number of nitrogens with one attached hydrogen (secondary N) is 1. The van der Waals surface area contributed by atoms with Crippen molar-refractivity contribution in [2.24, 2.45) is 7.05 Å². The van der Waals surface area contributed by atoms with Gasteiger partial charge in [0.15, 0.2) is 0 Å². The summed E-state index contributed by atoms with van der Waals surface area (Å²) >= 11 is 0. The van der Waals surface area contributed by atoms with Crippen molar-refractivity contribution < 1.29 is 4.74 Å². The van der Waals surface area contributed by atoms with Crippen molar-refractivity contribution in [3.05, 3.63) is 48.0 Å². The second-order valence-corrected chi connectivity index (χ2v) is 5.71. The van der Waals surface area contributed by atoms with Gasteiger partial charge in [0, 0.05) is 31.0 Å². The Morgan fingerprint density at radius 3 is 2.43 bits per heavy atom. The SMILES string of the molecule is CC(C)Oc1ccccc1C(C)NC(C)c1nccn1C. The topological polar surface area (TPSA) is 39.1 Å². The van der Waals surface area contributed by atoms with Crippen LogP contribution in [0.1, 0.15) is 51.2 Å². The van der Waals surface area contributed by atoms with E-state index in [1.54, 1.807) is 0 Å². The number of para-hydroxylation sites is 1. The van der Waals surface area contributed by atoms with E-state index in [4.69, 9.17) is 4.74 Å². The first-order chi connectivity index (χ1) is 9.99. The summed E-state index contributed by atoms with van der Waals surface area (Å²) in [6.45, 7) is 8.38. The molecule has 0 amide bonds. The number of aryl methyl sites for hydroxylation is 1. The van der Waals surface area contributed by atoms with Crippen molar-refractivity contribution in [2.45, 2.75) is 45.9 Å². The maximum absolute atomic E-state index is 5.90. The van der Waals surface area contributed by atoms with E-state index in [-0.39, 0.29) is 18.2 Å². The highest BCUT2D eigenvalue weighted by molar-refractivity contribution is 5.35. The minimum absolute atomic E-state index is 0.172. The molecule has 0 saturated heterocycles. The summed E-state index contributed by atoms with van der Waals surface area (Å²) in [5.41, 5.74) is 1.17. The van der Waals surface area contributed by atoms with Crippen LogP contribution < -0.4 is 10.1 Å². The molecular weight excluding hydrogens is 262 g/mol. The molecule has 1 N–H and O–H groups in total. The first kappa shape index (κ1) is 15.6. The van der Waals surface area contributed by atoms with Crippen LogP contribution in [0.3, 0.4) is 0 Å². The third-order valence-corrected chi connectivity index (χ3v) is 3.49. The fraction of sp³-hybridized carbons (Fsp3) is 0.471. The van der Waals surface area contributed by atoms with Crippen LogP contribution in [0.4, 0.5) is 0 Å². The molecule has 4 heteroatoms. The van der Waals surface area contributed by atoms with Gasteiger partial charge >= 0.3 is 0 Å². The number of imidazole rings is 1. The largest absolute Gasteiger partial charge is 0.491 e. The molecular formula is C17H25N3O. The Morgan fingerprint density at radius 2 is 1.81 bits per heavy atom. The molecule has 0 fully saturated rings. The number of ether oxygens (including phenoxy) is 1. The first-order valence-corrected chi connectivity index (χ1v) is 7.48. The second kappa shape index (κ2) is 6.76. The fourth-order valence-corrected chi connectivity index (χ4v) is 2.53. The molecule has 2 unspecified atom stereocenters. The van der Waals surface area contributed by atoms with E-state index in [0.29, 0.717) is 0 Å².